The molecule has 0 bridgehead atoms. The largest absolute Gasteiger partial charge is 0.323 e. The first-order chi connectivity index (χ1) is 6.69. The average molecular weight is 250 g/mol. The molecule has 0 aliphatic rings. The van der Waals surface area contributed by atoms with Gasteiger partial charge in [-0.15, -0.1) is 0 Å². The van der Waals surface area contributed by atoms with Crippen LogP contribution in [0.15, 0.2) is 22.7 Å². The Labute approximate surface area is 90.9 Å². The maximum Gasteiger partial charge on any atom is 0.0992 e. The zero-order valence-corrected chi connectivity index (χ0v) is 8.95. The standard InChI is InChI=1S/C10H8BrN3/c11-9-5-7(6-13)1-2-8(9)10(14)3-4-12/h1-2,5,10H,3,14H2/t10-/m1/s1. The highest BCUT2D eigenvalue weighted by atomic mass is 79.9. The van der Waals surface area contributed by atoms with Gasteiger partial charge in [0.15, 0.2) is 0 Å². The number of nitrogens with two attached hydrogens (primary N) is 1. The van der Waals surface area contributed by atoms with Gasteiger partial charge in [0.2, 0.25) is 0 Å². The first kappa shape index (κ1) is 10.7. The molecule has 0 radical (unpaired) electrons. The van der Waals surface area contributed by atoms with Crippen molar-refractivity contribution < 1.29 is 0 Å². The number of hydrogen-bond acceptors (Lipinski definition) is 3. The lowest BCUT2D eigenvalue weighted by molar-refractivity contribution is 0.744. The van der Waals surface area contributed by atoms with Crippen LogP contribution in [0.5, 0.6) is 0 Å². The van der Waals surface area contributed by atoms with Gasteiger partial charge in [-0.1, -0.05) is 22.0 Å². The Bertz CT molecular complexity index is 414. The molecule has 0 amide bonds. The molecular weight excluding hydrogens is 242 g/mol. The molecule has 1 aromatic rings. The van der Waals surface area contributed by atoms with E-state index in [9.17, 15) is 0 Å². The van der Waals surface area contributed by atoms with Gasteiger partial charge in [0.1, 0.15) is 0 Å². The molecule has 3 nitrogen and oxygen atoms in total. The number of benzene rings is 1. The Morgan fingerprint density at radius 1 is 1.43 bits per heavy atom. The van der Waals surface area contributed by atoms with Gasteiger partial charge in [-0.25, -0.2) is 0 Å². The van der Waals surface area contributed by atoms with Crippen LogP contribution >= 0.6 is 15.9 Å². The number of nitrogens with zero attached hydrogens (tertiary/aromatic N) is 2. The predicted octanol–water partition coefficient (Wildman–Crippen LogP) is 2.23. The highest BCUT2D eigenvalue weighted by Crippen LogP contribution is 2.24. The summed E-state index contributed by atoms with van der Waals surface area (Å²) in [7, 11) is 0. The highest BCUT2D eigenvalue weighted by molar-refractivity contribution is 9.10. The van der Waals surface area contributed by atoms with Crippen LogP contribution < -0.4 is 5.73 Å². The van der Waals surface area contributed by atoms with Crippen molar-refractivity contribution in [2.45, 2.75) is 12.5 Å². The van der Waals surface area contributed by atoms with E-state index in [1.54, 1.807) is 18.2 Å². The van der Waals surface area contributed by atoms with Gasteiger partial charge in [-0.05, 0) is 17.7 Å². The molecule has 0 aromatic heterocycles. The Morgan fingerprint density at radius 2 is 2.14 bits per heavy atom. The quantitative estimate of drug-likeness (QED) is 0.874. The van der Waals surface area contributed by atoms with E-state index >= 15 is 0 Å². The minimum Gasteiger partial charge on any atom is -0.323 e. The van der Waals surface area contributed by atoms with Crippen molar-refractivity contribution in [3.63, 3.8) is 0 Å². The van der Waals surface area contributed by atoms with Crippen LogP contribution in [-0.2, 0) is 0 Å². The van der Waals surface area contributed by atoms with Crippen LogP contribution in [0.4, 0.5) is 0 Å². The number of rotatable bonds is 2. The zero-order chi connectivity index (χ0) is 10.6. The van der Waals surface area contributed by atoms with Crippen molar-refractivity contribution in [1.29, 1.82) is 10.5 Å². The van der Waals surface area contributed by atoms with Gasteiger partial charge in [-0.2, -0.15) is 10.5 Å². The lowest BCUT2D eigenvalue weighted by atomic mass is 10.0. The number of nitriles is 2. The van der Waals surface area contributed by atoms with Crippen molar-refractivity contribution in [3.8, 4) is 12.1 Å². The first-order valence-corrected chi connectivity index (χ1v) is 4.80. The molecule has 2 N–H and O–H groups in total. The second kappa shape index (κ2) is 4.76. The van der Waals surface area contributed by atoms with Gasteiger partial charge < -0.3 is 5.73 Å². The highest BCUT2D eigenvalue weighted by Gasteiger charge is 2.09. The second-order valence-electron chi connectivity index (χ2n) is 2.82. The van der Waals surface area contributed by atoms with Crippen molar-refractivity contribution in [2.24, 2.45) is 5.73 Å². The fourth-order valence-electron chi connectivity index (χ4n) is 1.11. The smallest absolute Gasteiger partial charge is 0.0992 e. The summed E-state index contributed by atoms with van der Waals surface area (Å²) < 4.78 is 0.777. The monoisotopic (exact) mass is 249 g/mol. The van der Waals surface area contributed by atoms with Crippen molar-refractivity contribution in [3.05, 3.63) is 33.8 Å². The lowest BCUT2D eigenvalue weighted by Gasteiger charge is -2.09. The van der Waals surface area contributed by atoms with E-state index in [0.717, 1.165) is 10.0 Å². The molecule has 0 aliphatic carbocycles. The van der Waals surface area contributed by atoms with E-state index in [2.05, 4.69) is 15.9 Å². The van der Waals surface area contributed by atoms with Crippen LogP contribution in [0.3, 0.4) is 0 Å². The molecular formula is C10H8BrN3. The molecule has 1 atom stereocenters. The third kappa shape index (κ3) is 2.32. The van der Waals surface area contributed by atoms with Crippen LogP contribution in [0.1, 0.15) is 23.6 Å². The molecule has 4 heteroatoms. The minimum atomic E-state index is -0.304. The molecule has 1 rings (SSSR count). The van der Waals surface area contributed by atoms with Gasteiger partial charge in [0, 0.05) is 10.5 Å². The molecule has 0 heterocycles. The summed E-state index contributed by atoms with van der Waals surface area (Å²) in [6.45, 7) is 0. The van der Waals surface area contributed by atoms with Crippen LogP contribution in [0.25, 0.3) is 0 Å². The fourth-order valence-corrected chi connectivity index (χ4v) is 1.78. The normalized spacial score (nSPS) is 11.4. The van der Waals surface area contributed by atoms with Gasteiger partial charge in [0.25, 0.3) is 0 Å². The molecule has 0 fully saturated rings. The maximum absolute atomic E-state index is 8.64. The molecule has 14 heavy (non-hydrogen) atoms. The zero-order valence-electron chi connectivity index (χ0n) is 7.37. The lowest BCUT2D eigenvalue weighted by Crippen LogP contribution is -2.09. The summed E-state index contributed by atoms with van der Waals surface area (Å²) in [5.74, 6) is 0. The molecule has 0 unspecified atom stereocenters. The van der Waals surface area contributed by atoms with E-state index in [4.69, 9.17) is 16.3 Å². The van der Waals surface area contributed by atoms with Crippen molar-refractivity contribution in [2.75, 3.05) is 0 Å². The van der Waals surface area contributed by atoms with Crippen LogP contribution in [0, 0.1) is 22.7 Å². The third-order valence-electron chi connectivity index (χ3n) is 1.84. The Morgan fingerprint density at radius 3 is 2.64 bits per heavy atom. The van der Waals surface area contributed by atoms with E-state index in [0.29, 0.717) is 5.56 Å². The van der Waals surface area contributed by atoms with E-state index in [1.807, 2.05) is 12.1 Å². The van der Waals surface area contributed by atoms with E-state index in [1.165, 1.54) is 0 Å². The summed E-state index contributed by atoms with van der Waals surface area (Å²) in [5, 5.41) is 17.1. The van der Waals surface area contributed by atoms with Gasteiger partial charge in [-0.3, -0.25) is 0 Å². The molecule has 0 saturated heterocycles. The van der Waals surface area contributed by atoms with Gasteiger partial charge in [0.05, 0.1) is 24.1 Å². The van der Waals surface area contributed by atoms with Crippen LogP contribution in [-0.4, -0.2) is 0 Å². The van der Waals surface area contributed by atoms with Crippen molar-refractivity contribution >= 4 is 15.9 Å². The number of hydrogen-bond donors (Lipinski definition) is 1. The average Bonchev–Trinajstić information content (AvgIpc) is 2.17. The van der Waals surface area contributed by atoms with Crippen molar-refractivity contribution in [1.82, 2.24) is 0 Å². The summed E-state index contributed by atoms with van der Waals surface area (Å²) in [6.07, 6.45) is 0.268. The SMILES string of the molecule is N#CC[C@@H](N)c1ccc(C#N)cc1Br. The summed E-state index contributed by atoms with van der Waals surface area (Å²) >= 11 is 3.32. The van der Waals surface area contributed by atoms with Gasteiger partial charge >= 0.3 is 0 Å². The summed E-state index contributed by atoms with van der Waals surface area (Å²) in [6, 6.07) is 8.90. The molecule has 0 aliphatic heterocycles. The first-order valence-electron chi connectivity index (χ1n) is 4.01. The molecule has 0 spiro atoms. The topological polar surface area (TPSA) is 73.6 Å². The third-order valence-corrected chi connectivity index (χ3v) is 2.53. The number of halogens is 1. The molecule has 70 valence electrons. The Balaban J connectivity index is 3.02. The van der Waals surface area contributed by atoms with E-state index < -0.39 is 0 Å². The maximum atomic E-state index is 8.64. The molecule has 0 saturated carbocycles. The van der Waals surface area contributed by atoms with Crippen LogP contribution in [0.2, 0.25) is 0 Å². The summed E-state index contributed by atoms with van der Waals surface area (Å²) in [5.41, 5.74) is 7.19. The molecule has 1 aromatic carbocycles. The predicted molar refractivity (Wildman–Crippen MR) is 56.0 cm³/mol. The Kier molecular flexibility index (Phi) is 3.64. The summed E-state index contributed by atoms with van der Waals surface area (Å²) in [4.78, 5) is 0. The fraction of sp³-hybridized carbons (Fsp3) is 0.200. The Hall–Kier alpha value is -1.36. The minimum absolute atomic E-state index is 0.268. The second-order valence-corrected chi connectivity index (χ2v) is 3.67. The van der Waals surface area contributed by atoms with E-state index in [-0.39, 0.29) is 12.5 Å².